The summed E-state index contributed by atoms with van der Waals surface area (Å²) in [4.78, 5) is 23.3. The van der Waals surface area contributed by atoms with Crippen molar-refractivity contribution < 1.29 is 23.8 Å². The third kappa shape index (κ3) is 4.15. The van der Waals surface area contributed by atoms with E-state index < -0.39 is 5.97 Å². The van der Waals surface area contributed by atoms with Crippen LogP contribution in [0.2, 0.25) is 0 Å². The molecule has 6 heteroatoms. The molecule has 2 aliphatic rings. The van der Waals surface area contributed by atoms with E-state index in [0.29, 0.717) is 19.1 Å². The largest absolute Gasteiger partial charge is 0.493 e. The Kier molecular flexibility index (Phi) is 5.26. The number of esters is 1. The van der Waals surface area contributed by atoms with E-state index in [9.17, 15) is 9.59 Å². The summed E-state index contributed by atoms with van der Waals surface area (Å²) in [6, 6.07) is 0.184. The van der Waals surface area contributed by atoms with Crippen molar-refractivity contribution in [1.29, 1.82) is 0 Å². The van der Waals surface area contributed by atoms with Crippen molar-refractivity contribution in [1.82, 2.24) is 5.32 Å². The molecule has 1 heterocycles. The van der Waals surface area contributed by atoms with Crippen LogP contribution in [0.4, 0.5) is 0 Å². The lowest BCUT2D eigenvalue weighted by Gasteiger charge is -2.29. The Morgan fingerprint density at radius 1 is 1.35 bits per heavy atom. The zero-order chi connectivity index (χ0) is 14.4. The van der Waals surface area contributed by atoms with Gasteiger partial charge >= 0.3 is 5.97 Å². The summed E-state index contributed by atoms with van der Waals surface area (Å²) in [5.74, 6) is -0.456. The van der Waals surface area contributed by atoms with Crippen LogP contribution in [-0.2, 0) is 23.8 Å². The number of nitrogens with one attached hydrogen (secondary N) is 1. The van der Waals surface area contributed by atoms with Gasteiger partial charge in [0.05, 0.1) is 0 Å². The molecule has 1 aliphatic carbocycles. The monoisotopic (exact) mass is 283 g/mol. The normalized spacial score (nSPS) is 25.8. The third-order valence-corrected chi connectivity index (χ3v) is 3.64. The SMILES string of the molecule is C[C@@H]1CCCC[C@H]1NC(=O)COC(=O)C1=COCCO1. The lowest BCUT2D eigenvalue weighted by Crippen LogP contribution is -2.43. The Morgan fingerprint density at radius 2 is 2.15 bits per heavy atom. The standard InChI is InChI=1S/C14H21NO5/c1-10-4-2-3-5-11(10)15-13(16)9-20-14(17)12-8-18-6-7-19-12/h8,10-11H,2-7,9H2,1H3,(H,15,16)/t10-,11-/m1/s1. The van der Waals surface area contributed by atoms with Crippen molar-refractivity contribution in [2.24, 2.45) is 5.92 Å². The highest BCUT2D eigenvalue weighted by Crippen LogP contribution is 2.23. The lowest BCUT2D eigenvalue weighted by molar-refractivity contribution is -0.149. The highest BCUT2D eigenvalue weighted by atomic mass is 16.6. The topological polar surface area (TPSA) is 73.9 Å². The highest BCUT2D eigenvalue weighted by Gasteiger charge is 2.24. The molecular weight excluding hydrogens is 262 g/mol. The smallest absolute Gasteiger partial charge is 0.377 e. The van der Waals surface area contributed by atoms with E-state index in [4.69, 9.17) is 14.2 Å². The minimum atomic E-state index is -0.670. The van der Waals surface area contributed by atoms with Gasteiger partial charge in [-0.3, -0.25) is 4.79 Å². The minimum Gasteiger partial charge on any atom is -0.493 e. The molecule has 0 aromatic carbocycles. The molecule has 2 atom stereocenters. The van der Waals surface area contributed by atoms with Crippen molar-refractivity contribution in [2.75, 3.05) is 19.8 Å². The molecule has 1 saturated carbocycles. The lowest BCUT2D eigenvalue weighted by atomic mass is 9.86. The molecule has 0 spiro atoms. The maximum Gasteiger partial charge on any atom is 0.377 e. The molecule has 1 amide bonds. The van der Waals surface area contributed by atoms with Crippen LogP contribution >= 0.6 is 0 Å². The van der Waals surface area contributed by atoms with Crippen molar-refractivity contribution in [2.45, 2.75) is 38.6 Å². The summed E-state index contributed by atoms with van der Waals surface area (Å²) in [7, 11) is 0. The summed E-state index contributed by atoms with van der Waals surface area (Å²) in [5, 5.41) is 2.92. The summed E-state index contributed by atoms with van der Waals surface area (Å²) in [6.07, 6.45) is 5.68. The molecule has 0 aromatic rings. The first-order chi connectivity index (χ1) is 9.66. The van der Waals surface area contributed by atoms with Gasteiger partial charge in [0.2, 0.25) is 5.76 Å². The maximum absolute atomic E-state index is 11.8. The fraction of sp³-hybridized carbons (Fsp3) is 0.714. The minimum absolute atomic E-state index is 0.00934. The molecule has 112 valence electrons. The van der Waals surface area contributed by atoms with Crippen LogP contribution in [0.25, 0.3) is 0 Å². The van der Waals surface area contributed by atoms with Gasteiger partial charge in [-0.15, -0.1) is 0 Å². The molecule has 2 rings (SSSR count). The summed E-state index contributed by atoms with van der Waals surface area (Å²) in [5.41, 5.74) is 0. The number of hydrogen-bond donors (Lipinski definition) is 1. The second-order valence-corrected chi connectivity index (χ2v) is 5.21. The van der Waals surface area contributed by atoms with Crippen LogP contribution in [0.1, 0.15) is 32.6 Å². The number of carbonyl (C=O) groups is 2. The Morgan fingerprint density at radius 3 is 2.85 bits per heavy atom. The fourth-order valence-corrected chi connectivity index (χ4v) is 2.46. The van der Waals surface area contributed by atoms with Gasteiger partial charge in [-0.2, -0.15) is 0 Å². The molecule has 20 heavy (non-hydrogen) atoms. The number of carbonyl (C=O) groups excluding carboxylic acids is 2. The van der Waals surface area contributed by atoms with E-state index in [2.05, 4.69) is 12.2 Å². The van der Waals surface area contributed by atoms with Gasteiger partial charge in [-0.1, -0.05) is 19.8 Å². The van der Waals surface area contributed by atoms with Gasteiger partial charge in [0.15, 0.2) is 6.61 Å². The molecular formula is C14H21NO5. The highest BCUT2D eigenvalue weighted by molar-refractivity contribution is 5.88. The number of hydrogen-bond acceptors (Lipinski definition) is 5. The van der Waals surface area contributed by atoms with Crippen LogP contribution < -0.4 is 5.32 Å². The third-order valence-electron chi connectivity index (χ3n) is 3.64. The molecule has 0 radical (unpaired) electrons. The Labute approximate surface area is 118 Å². The van der Waals surface area contributed by atoms with E-state index in [1.54, 1.807) is 0 Å². The first-order valence-electron chi connectivity index (χ1n) is 7.08. The van der Waals surface area contributed by atoms with Crippen molar-refractivity contribution in [3.8, 4) is 0 Å². The zero-order valence-corrected chi connectivity index (χ0v) is 11.7. The molecule has 0 unspecified atom stereocenters. The van der Waals surface area contributed by atoms with Crippen molar-refractivity contribution >= 4 is 11.9 Å². The molecule has 0 saturated heterocycles. The van der Waals surface area contributed by atoms with Crippen LogP contribution in [-0.4, -0.2) is 37.7 Å². The van der Waals surface area contributed by atoms with E-state index >= 15 is 0 Å². The average molecular weight is 283 g/mol. The number of ether oxygens (including phenoxy) is 3. The second kappa shape index (κ2) is 7.17. The molecule has 6 nitrogen and oxygen atoms in total. The summed E-state index contributed by atoms with van der Waals surface area (Å²) in [6.45, 7) is 2.57. The van der Waals surface area contributed by atoms with Gasteiger partial charge in [0.25, 0.3) is 5.91 Å². The van der Waals surface area contributed by atoms with Crippen LogP contribution in [0.15, 0.2) is 12.0 Å². The van der Waals surface area contributed by atoms with Crippen molar-refractivity contribution in [3.05, 3.63) is 12.0 Å². The number of amides is 1. The average Bonchev–Trinajstić information content (AvgIpc) is 2.48. The predicted molar refractivity (Wildman–Crippen MR) is 70.5 cm³/mol. The summed E-state index contributed by atoms with van der Waals surface area (Å²) >= 11 is 0. The molecule has 0 aromatic heterocycles. The zero-order valence-electron chi connectivity index (χ0n) is 11.7. The van der Waals surface area contributed by atoms with E-state index in [-0.39, 0.29) is 24.3 Å². The second-order valence-electron chi connectivity index (χ2n) is 5.21. The Balaban J connectivity index is 1.71. The van der Waals surface area contributed by atoms with Gasteiger partial charge in [-0.25, -0.2) is 4.79 Å². The van der Waals surface area contributed by atoms with E-state index in [0.717, 1.165) is 19.3 Å². The number of rotatable bonds is 4. The molecule has 1 N–H and O–H groups in total. The quantitative estimate of drug-likeness (QED) is 0.782. The van der Waals surface area contributed by atoms with E-state index in [1.807, 2.05) is 0 Å². The van der Waals surface area contributed by atoms with Gasteiger partial charge in [0, 0.05) is 6.04 Å². The summed E-state index contributed by atoms with van der Waals surface area (Å²) < 4.78 is 14.9. The van der Waals surface area contributed by atoms with Gasteiger partial charge < -0.3 is 19.5 Å². The molecule has 1 aliphatic heterocycles. The maximum atomic E-state index is 11.8. The fourth-order valence-electron chi connectivity index (χ4n) is 2.46. The van der Waals surface area contributed by atoms with Crippen LogP contribution in [0.3, 0.4) is 0 Å². The molecule has 1 fully saturated rings. The van der Waals surface area contributed by atoms with Crippen LogP contribution in [0, 0.1) is 5.92 Å². The Hall–Kier alpha value is -1.72. The van der Waals surface area contributed by atoms with E-state index in [1.165, 1.54) is 12.7 Å². The first kappa shape index (κ1) is 14.7. The van der Waals surface area contributed by atoms with Crippen LogP contribution in [0.5, 0.6) is 0 Å². The molecule has 0 bridgehead atoms. The Bertz CT molecular complexity index is 393. The first-order valence-corrected chi connectivity index (χ1v) is 7.08. The predicted octanol–water partition coefficient (Wildman–Crippen LogP) is 1.11. The van der Waals surface area contributed by atoms with Crippen molar-refractivity contribution in [3.63, 3.8) is 0 Å². The van der Waals surface area contributed by atoms with Gasteiger partial charge in [-0.05, 0) is 18.8 Å². The van der Waals surface area contributed by atoms with Gasteiger partial charge in [0.1, 0.15) is 19.5 Å².